The van der Waals surface area contributed by atoms with E-state index in [0.717, 1.165) is 69.7 Å². The van der Waals surface area contributed by atoms with E-state index in [0.29, 0.717) is 12.3 Å². The molecule has 0 atom stereocenters. The van der Waals surface area contributed by atoms with Gasteiger partial charge in [-0.25, -0.2) is 14.8 Å². The summed E-state index contributed by atoms with van der Waals surface area (Å²) in [5.41, 5.74) is 7.72. The Balaban J connectivity index is 1.35. The average molecular weight is 517 g/mol. The lowest BCUT2D eigenvalue weighted by molar-refractivity contribution is 0.144. The van der Waals surface area contributed by atoms with Gasteiger partial charge in [-0.2, -0.15) is 0 Å². The molecule has 0 aliphatic rings. The van der Waals surface area contributed by atoms with E-state index in [1.807, 2.05) is 53.1 Å². The summed E-state index contributed by atoms with van der Waals surface area (Å²) in [7, 11) is 0. The Morgan fingerprint density at radius 1 is 0.923 bits per heavy atom. The van der Waals surface area contributed by atoms with Gasteiger partial charge in [-0.1, -0.05) is 67.9 Å². The molecule has 3 aromatic heterocycles. The van der Waals surface area contributed by atoms with Crippen LogP contribution in [0.15, 0.2) is 97.3 Å². The second-order valence-corrected chi connectivity index (χ2v) is 9.57. The molecular weight excluding hydrogens is 488 g/mol. The van der Waals surface area contributed by atoms with E-state index in [1.54, 1.807) is 12.1 Å². The summed E-state index contributed by atoms with van der Waals surface area (Å²) in [5, 5.41) is 9.09. The van der Waals surface area contributed by atoms with Gasteiger partial charge >= 0.3 is 6.16 Å². The highest BCUT2D eigenvalue weighted by Crippen LogP contribution is 2.31. The molecule has 6 aromatic rings. The standard InChI is InChI=1S/C32H28N4O3/c1-2-3-10-31-33-26-17-16-24(27-21-35-18-7-6-11-30(35)34-27)19-28(26)36(31)20-22-12-14-23(15-13-22)25-8-4-5-9-29(25)39-32(37)38/h4-9,11-19,21H,2-3,10,20H2,1H3,(H,37,38). The van der Waals surface area contributed by atoms with Crippen molar-refractivity contribution in [3.05, 3.63) is 109 Å². The van der Waals surface area contributed by atoms with Gasteiger partial charge in [0.2, 0.25) is 0 Å². The Morgan fingerprint density at radius 2 is 1.72 bits per heavy atom. The Hall–Kier alpha value is -4.91. The van der Waals surface area contributed by atoms with E-state index < -0.39 is 6.16 Å². The predicted octanol–water partition coefficient (Wildman–Crippen LogP) is 7.47. The number of para-hydroxylation sites is 1. The number of rotatable bonds is 8. The number of fused-ring (bicyclic) bond motifs is 2. The van der Waals surface area contributed by atoms with Crippen molar-refractivity contribution >= 4 is 22.8 Å². The Labute approximate surface area is 226 Å². The van der Waals surface area contributed by atoms with E-state index in [4.69, 9.17) is 19.8 Å². The molecular formula is C32H28N4O3. The maximum Gasteiger partial charge on any atom is 0.511 e. The molecule has 1 N–H and O–H groups in total. The first-order chi connectivity index (χ1) is 19.1. The maximum atomic E-state index is 11.1. The normalized spacial score (nSPS) is 11.3. The third-order valence-electron chi connectivity index (χ3n) is 6.93. The van der Waals surface area contributed by atoms with Gasteiger partial charge in [0.25, 0.3) is 0 Å². The van der Waals surface area contributed by atoms with Crippen molar-refractivity contribution < 1.29 is 14.6 Å². The van der Waals surface area contributed by atoms with E-state index in [-0.39, 0.29) is 0 Å². The van der Waals surface area contributed by atoms with Crippen LogP contribution in [-0.2, 0) is 13.0 Å². The van der Waals surface area contributed by atoms with Gasteiger partial charge in [0.05, 0.1) is 16.7 Å². The number of imidazole rings is 2. The molecule has 194 valence electrons. The second-order valence-electron chi connectivity index (χ2n) is 9.57. The molecule has 0 aliphatic heterocycles. The molecule has 7 heteroatoms. The van der Waals surface area contributed by atoms with E-state index in [1.165, 1.54) is 0 Å². The zero-order valence-corrected chi connectivity index (χ0v) is 21.6. The van der Waals surface area contributed by atoms with Crippen molar-refractivity contribution in [2.45, 2.75) is 32.7 Å². The fraction of sp³-hybridized carbons (Fsp3) is 0.156. The topological polar surface area (TPSA) is 81.7 Å². The fourth-order valence-electron chi connectivity index (χ4n) is 4.97. The van der Waals surface area contributed by atoms with Crippen LogP contribution in [0.3, 0.4) is 0 Å². The average Bonchev–Trinajstić information content (AvgIpc) is 3.53. The van der Waals surface area contributed by atoms with Gasteiger partial charge in [-0.15, -0.1) is 0 Å². The quantitative estimate of drug-likeness (QED) is 0.168. The van der Waals surface area contributed by atoms with Crippen LogP contribution >= 0.6 is 0 Å². The Morgan fingerprint density at radius 3 is 2.51 bits per heavy atom. The van der Waals surface area contributed by atoms with Crippen molar-refractivity contribution in [3.8, 4) is 28.1 Å². The SMILES string of the molecule is CCCCc1nc2ccc(-c3cn4ccccc4n3)cc2n1Cc1ccc(-c2ccccc2OC(=O)O)cc1. The molecule has 0 aliphatic carbocycles. The van der Waals surface area contributed by atoms with Crippen LogP contribution in [0.2, 0.25) is 0 Å². The van der Waals surface area contributed by atoms with Gasteiger partial charge < -0.3 is 18.8 Å². The Kier molecular flexibility index (Phi) is 6.55. The zero-order chi connectivity index (χ0) is 26.8. The molecule has 0 radical (unpaired) electrons. The number of ether oxygens (including phenoxy) is 1. The molecule has 39 heavy (non-hydrogen) atoms. The summed E-state index contributed by atoms with van der Waals surface area (Å²) in [6.07, 6.45) is 5.82. The van der Waals surface area contributed by atoms with Crippen molar-refractivity contribution in [3.63, 3.8) is 0 Å². The minimum Gasteiger partial charge on any atom is -0.449 e. The molecule has 0 spiro atoms. The molecule has 0 fully saturated rings. The summed E-state index contributed by atoms with van der Waals surface area (Å²) in [5.74, 6) is 1.39. The van der Waals surface area contributed by atoms with Crippen LogP contribution in [0.5, 0.6) is 5.75 Å². The maximum absolute atomic E-state index is 11.1. The van der Waals surface area contributed by atoms with Crippen LogP contribution in [0.4, 0.5) is 4.79 Å². The summed E-state index contributed by atoms with van der Waals surface area (Å²) in [6.45, 7) is 2.87. The van der Waals surface area contributed by atoms with Crippen LogP contribution in [0, 0.1) is 0 Å². The summed E-state index contributed by atoms with van der Waals surface area (Å²) in [6, 6.07) is 27.7. The van der Waals surface area contributed by atoms with Crippen LogP contribution in [-0.4, -0.2) is 30.2 Å². The summed E-state index contributed by atoms with van der Waals surface area (Å²) in [4.78, 5) is 20.9. The lowest BCUT2D eigenvalue weighted by Gasteiger charge is -2.12. The zero-order valence-electron chi connectivity index (χ0n) is 21.6. The van der Waals surface area contributed by atoms with Gasteiger partial charge in [-0.3, -0.25) is 0 Å². The summed E-state index contributed by atoms with van der Waals surface area (Å²) < 4.78 is 9.32. The summed E-state index contributed by atoms with van der Waals surface area (Å²) >= 11 is 0. The predicted molar refractivity (Wildman–Crippen MR) is 152 cm³/mol. The monoisotopic (exact) mass is 516 g/mol. The number of aryl methyl sites for hydroxylation is 1. The fourth-order valence-corrected chi connectivity index (χ4v) is 4.97. The minimum absolute atomic E-state index is 0.319. The molecule has 7 nitrogen and oxygen atoms in total. The molecule has 0 saturated carbocycles. The van der Waals surface area contributed by atoms with Crippen LogP contribution in [0.1, 0.15) is 31.2 Å². The molecule has 3 heterocycles. The number of carbonyl (C=O) groups is 1. The number of unbranched alkanes of at least 4 members (excludes halogenated alkanes) is 1. The van der Waals surface area contributed by atoms with Crippen LogP contribution in [0.25, 0.3) is 39.1 Å². The highest BCUT2D eigenvalue weighted by Gasteiger charge is 2.15. The number of nitrogens with zero attached hydrogens (tertiary/aromatic N) is 4. The highest BCUT2D eigenvalue weighted by molar-refractivity contribution is 5.82. The number of benzene rings is 3. The van der Waals surface area contributed by atoms with Gasteiger partial charge in [0.1, 0.15) is 17.2 Å². The number of carboxylic acid groups (broad SMARTS) is 1. The third kappa shape index (κ3) is 4.99. The lowest BCUT2D eigenvalue weighted by Crippen LogP contribution is -2.06. The van der Waals surface area contributed by atoms with Crippen molar-refractivity contribution in [1.82, 2.24) is 18.9 Å². The minimum atomic E-state index is -1.33. The van der Waals surface area contributed by atoms with Crippen molar-refractivity contribution in [2.24, 2.45) is 0 Å². The number of aromatic nitrogens is 4. The van der Waals surface area contributed by atoms with Gasteiger partial charge in [0.15, 0.2) is 0 Å². The largest absolute Gasteiger partial charge is 0.511 e. The third-order valence-corrected chi connectivity index (χ3v) is 6.93. The van der Waals surface area contributed by atoms with E-state index in [2.05, 4.69) is 48.0 Å². The lowest BCUT2D eigenvalue weighted by atomic mass is 10.0. The smallest absolute Gasteiger partial charge is 0.449 e. The van der Waals surface area contributed by atoms with Gasteiger partial charge in [0, 0.05) is 36.5 Å². The van der Waals surface area contributed by atoms with Gasteiger partial charge in [-0.05, 0) is 47.9 Å². The van der Waals surface area contributed by atoms with E-state index >= 15 is 0 Å². The Bertz CT molecular complexity index is 1750. The molecule has 3 aromatic carbocycles. The first kappa shape index (κ1) is 24.4. The first-order valence-corrected chi connectivity index (χ1v) is 13.1. The molecule has 0 saturated heterocycles. The highest BCUT2D eigenvalue weighted by atomic mass is 16.7. The van der Waals surface area contributed by atoms with E-state index in [9.17, 15) is 4.79 Å². The molecule has 0 bridgehead atoms. The number of pyridine rings is 1. The second kappa shape index (κ2) is 10.5. The first-order valence-electron chi connectivity index (χ1n) is 13.1. The molecule has 0 unspecified atom stereocenters. The molecule has 6 rings (SSSR count). The number of hydrogen-bond donors (Lipinski definition) is 1. The number of hydrogen-bond acceptors (Lipinski definition) is 4. The van der Waals surface area contributed by atoms with Crippen molar-refractivity contribution in [1.29, 1.82) is 0 Å². The molecule has 0 amide bonds. The van der Waals surface area contributed by atoms with Crippen LogP contribution < -0.4 is 4.74 Å². The van der Waals surface area contributed by atoms with Crippen molar-refractivity contribution in [2.75, 3.05) is 0 Å².